The molecule has 1 N–H and O–H groups in total. The van der Waals surface area contributed by atoms with E-state index in [1.54, 1.807) is 0 Å². The summed E-state index contributed by atoms with van der Waals surface area (Å²) in [7, 11) is 0. The largest absolute Gasteiger partial charge is 0.488 e. The first kappa shape index (κ1) is 26.9. The van der Waals surface area contributed by atoms with Gasteiger partial charge in [0.05, 0.1) is 6.61 Å². The molecule has 0 radical (unpaired) electrons. The molecule has 3 aromatic rings. The number of hydrogen-bond acceptors (Lipinski definition) is 5. The van der Waals surface area contributed by atoms with Gasteiger partial charge in [0.2, 0.25) is 0 Å². The van der Waals surface area contributed by atoms with Crippen LogP contribution in [-0.2, 0) is 19.8 Å². The number of aliphatic hydroxyl groups is 1. The fourth-order valence-electron chi connectivity index (χ4n) is 5.69. The van der Waals surface area contributed by atoms with Crippen LogP contribution in [0.5, 0.6) is 5.75 Å². The van der Waals surface area contributed by atoms with Gasteiger partial charge in [-0.2, -0.15) is 0 Å². The van der Waals surface area contributed by atoms with Crippen LogP contribution in [0.15, 0.2) is 84.9 Å². The third-order valence-electron chi connectivity index (χ3n) is 7.71. The van der Waals surface area contributed by atoms with E-state index in [0.29, 0.717) is 13.2 Å². The summed E-state index contributed by atoms with van der Waals surface area (Å²) in [6.07, 6.45) is 6.79. The van der Waals surface area contributed by atoms with E-state index in [2.05, 4.69) is 12.1 Å². The van der Waals surface area contributed by atoms with Crippen molar-refractivity contribution in [3.05, 3.63) is 102 Å². The van der Waals surface area contributed by atoms with Gasteiger partial charge in [0, 0.05) is 25.7 Å². The highest BCUT2D eigenvalue weighted by Crippen LogP contribution is 2.45. The molecule has 2 heterocycles. The topological polar surface area (TPSA) is 57.2 Å². The molecule has 4 unspecified atom stereocenters. The maximum Gasteiger partial charge on any atom is 0.157 e. The van der Waals surface area contributed by atoms with Crippen LogP contribution in [-0.4, -0.2) is 43.9 Å². The van der Waals surface area contributed by atoms with Crippen molar-refractivity contribution in [1.29, 1.82) is 0 Å². The molecule has 0 aromatic heterocycles. The summed E-state index contributed by atoms with van der Waals surface area (Å²) in [6.45, 7) is 2.82. The van der Waals surface area contributed by atoms with E-state index < -0.39 is 5.60 Å². The molecule has 202 valence electrons. The van der Waals surface area contributed by atoms with Crippen molar-refractivity contribution in [2.75, 3.05) is 26.4 Å². The Bertz CT molecular complexity index is 1080. The molecule has 4 atom stereocenters. The van der Waals surface area contributed by atoms with Crippen LogP contribution in [0.4, 0.5) is 0 Å². The minimum absolute atomic E-state index is 0.0767. The van der Waals surface area contributed by atoms with Gasteiger partial charge in [-0.3, -0.25) is 0 Å². The lowest BCUT2D eigenvalue weighted by Crippen LogP contribution is -2.35. The number of rotatable bonds is 11. The molecule has 5 rings (SSSR count). The second-order valence-corrected chi connectivity index (χ2v) is 10.4. The minimum atomic E-state index is -1.23. The van der Waals surface area contributed by atoms with Crippen molar-refractivity contribution in [1.82, 2.24) is 0 Å². The third-order valence-corrected chi connectivity index (χ3v) is 7.71. The first-order valence-corrected chi connectivity index (χ1v) is 14.1. The number of ether oxygens (including phenoxy) is 4. The normalized spacial score (nSPS) is 22.3. The second-order valence-electron chi connectivity index (χ2n) is 10.4. The molecular weight excluding hydrogens is 476 g/mol. The Morgan fingerprint density at radius 1 is 0.816 bits per heavy atom. The van der Waals surface area contributed by atoms with Crippen molar-refractivity contribution < 1.29 is 24.1 Å². The summed E-state index contributed by atoms with van der Waals surface area (Å²) >= 11 is 0. The Kier molecular flexibility index (Phi) is 9.47. The van der Waals surface area contributed by atoms with Gasteiger partial charge < -0.3 is 24.1 Å². The van der Waals surface area contributed by atoms with Crippen LogP contribution in [0.25, 0.3) is 0 Å². The van der Waals surface area contributed by atoms with Crippen molar-refractivity contribution in [3.63, 3.8) is 0 Å². The molecule has 3 aromatic carbocycles. The number of hydrogen-bond donors (Lipinski definition) is 1. The van der Waals surface area contributed by atoms with Crippen LogP contribution in [0, 0.1) is 0 Å². The maximum absolute atomic E-state index is 12.7. The number of benzene rings is 3. The van der Waals surface area contributed by atoms with Crippen LogP contribution in [0.3, 0.4) is 0 Å². The Hall–Kier alpha value is -2.70. The molecule has 2 saturated heterocycles. The Morgan fingerprint density at radius 2 is 1.55 bits per heavy atom. The SMILES string of the molecule is OC(c1ccccc1)(c1ccc(OC2CCCOC2)cc1)C(CCCOC1CCCCO1)c1ccccc1. The second kappa shape index (κ2) is 13.4. The van der Waals surface area contributed by atoms with Crippen LogP contribution in [0.2, 0.25) is 0 Å². The van der Waals surface area contributed by atoms with Crippen LogP contribution < -0.4 is 4.74 Å². The molecular formula is C33H40O5. The van der Waals surface area contributed by atoms with E-state index in [4.69, 9.17) is 18.9 Å². The average Bonchev–Trinajstić information content (AvgIpc) is 2.99. The van der Waals surface area contributed by atoms with Gasteiger partial charge in [-0.15, -0.1) is 0 Å². The summed E-state index contributed by atoms with van der Waals surface area (Å²) in [4.78, 5) is 0. The molecule has 5 heteroatoms. The summed E-state index contributed by atoms with van der Waals surface area (Å²) in [5.74, 6) is 0.636. The standard InChI is InChI=1S/C33H40O5/c34-33(27-13-5-2-6-14-27,28-18-20-29(21-19-28)38-30-15-9-22-35-25-30)31(26-11-3-1-4-12-26)16-10-24-37-32-17-7-8-23-36-32/h1-6,11-14,18-21,30-32,34H,7-10,15-17,22-25H2. The van der Waals surface area contributed by atoms with E-state index in [0.717, 1.165) is 80.6 Å². The van der Waals surface area contributed by atoms with E-state index in [-0.39, 0.29) is 18.3 Å². The molecule has 0 saturated carbocycles. The Labute approximate surface area is 226 Å². The fourth-order valence-corrected chi connectivity index (χ4v) is 5.69. The quantitative estimate of drug-likeness (QED) is 0.292. The molecule has 2 fully saturated rings. The van der Waals surface area contributed by atoms with Crippen LogP contribution >= 0.6 is 0 Å². The van der Waals surface area contributed by atoms with Gasteiger partial charge in [-0.1, -0.05) is 72.8 Å². The van der Waals surface area contributed by atoms with Crippen molar-refractivity contribution in [2.45, 2.75) is 68.9 Å². The fraction of sp³-hybridized carbons (Fsp3) is 0.455. The lowest BCUT2D eigenvalue weighted by atomic mass is 9.71. The van der Waals surface area contributed by atoms with Gasteiger partial charge >= 0.3 is 0 Å². The summed E-state index contributed by atoms with van der Waals surface area (Å²) in [5.41, 5.74) is 1.60. The smallest absolute Gasteiger partial charge is 0.157 e. The zero-order valence-corrected chi connectivity index (χ0v) is 22.2. The van der Waals surface area contributed by atoms with E-state index >= 15 is 0 Å². The molecule has 0 bridgehead atoms. The molecule has 38 heavy (non-hydrogen) atoms. The zero-order chi connectivity index (χ0) is 26.0. The van der Waals surface area contributed by atoms with Crippen molar-refractivity contribution in [3.8, 4) is 5.75 Å². The lowest BCUT2D eigenvalue weighted by Gasteiger charge is -2.38. The predicted octanol–water partition coefficient (Wildman–Crippen LogP) is 6.59. The Balaban J connectivity index is 1.40. The third kappa shape index (κ3) is 6.65. The molecule has 0 spiro atoms. The molecule has 0 aliphatic carbocycles. The van der Waals surface area contributed by atoms with Crippen molar-refractivity contribution in [2.24, 2.45) is 0 Å². The van der Waals surface area contributed by atoms with E-state index in [9.17, 15) is 5.11 Å². The van der Waals surface area contributed by atoms with E-state index in [1.807, 2.05) is 72.8 Å². The predicted molar refractivity (Wildman–Crippen MR) is 148 cm³/mol. The molecule has 2 aliphatic heterocycles. The Morgan fingerprint density at radius 3 is 2.24 bits per heavy atom. The van der Waals surface area contributed by atoms with Gasteiger partial charge in [0.25, 0.3) is 0 Å². The average molecular weight is 517 g/mol. The van der Waals surface area contributed by atoms with Crippen LogP contribution in [0.1, 0.15) is 67.6 Å². The minimum Gasteiger partial charge on any atom is -0.488 e. The van der Waals surface area contributed by atoms with Gasteiger partial charge in [0.15, 0.2) is 6.29 Å². The van der Waals surface area contributed by atoms with Gasteiger partial charge in [-0.05, 0) is 73.8 Å². The highest BCUT2D eigenvalue weighted by atomic mass is 16.7. The van der Waals surface area contributed by atoms with Gasteiger partial charge in [0.1, 0.15) is 17.5 Å². The molecule has 5 nitrogen and oxygen atoms in total. The summed E-state index contributed by atoms with van der Waals surface area (Å²) in [5, 5.41) is 12.7. The highest BCUT2D eigenvalue weighted by Gasteiger charge is 2.41. The zero-order valence-electron chi connectivity index (χ0n) is 22.2. The highest BCUT2D eigenvalue weighted by molar-refractivity contribution is 5.43. The lowest BCUT2D eigenvalue weighted by molar-refractivity contribution is -0.163. The first-order chi connectivity index (χ1) is 18.7. The summed E-state index contributed by atoms with van der Waals surface area (Å²) in [6, 6.07) is 28.3. The maximum atomic E-state index is 12.7. The first-order valence-electron chi connectivity index (χ1n) is 14.1. The summed E-state index contributed by atoms with van der Waals surface area (Å²) < 4.78 is 23.5. The van der Waals surface area contributed by atoms with E-state index in [1.165, 1.54) is 0 Å². The monoisotopic (exact) mass is 516 g/mol. The molecule has 2 aliphatic rings. The molecule has 0 amide bonds. The van der Waals surface area contributed by atoms with Gasteiger partial charge in [-0.25, -0.2) is 0 Å². The van der Waals surface area contributed by atoms with Crippen molar-refractivity contribution >= 4 is 0 Å².